The van der Waals surface area contributed by atoms with Crippen molar-refractivity contribution >= 4 is 5.91 Å². The molecule has 0 aliphatic rings. The standard InChI is InChI=1S/C12H11FN2O/c13-11-6-2-1-5-10(11)12(16)15-8-9-4-3-7-14-9/h1-7,14H,8H2,(H,15,16). The van der Waals surface area contributed by atoms with Crippen molar-refractivity contribution in [1.82, 2.24) is 10.3 Å². The molecule has 16 heavy (non-hydrogen) atoms. The molecule has 1 amide bonds. The lowest BCUT2D eigenvalue weighted by molar-refractivity contribution is 0.0946. The van der Waals surface area contributed by atoms with E-state index < -0.39 is 11.7 Å². The first kappa shape index (κ1) is 10.4. The van der Waals surface area contributed by atoms with Crippen LogP contribution in [0.5, 0.6) is 0 Å². The van der Waals surface area contributed by atoms with Gasteiger partial charge in [0.05, 0.1) is 12.1 Å². The zero-order valence-electron chi connectivity index (χ0n) is 8.53. The Morgan fingerprint density at radius 1 is 1.25 bits per heavy atom. The Labute approximate surface area is 92.3 Å². The summed E-state index contributed by atoms with van der Waals surface area (Å²) in [5.74, 6) is -0.917. The van der Waals surface area contributed by atoms with Gasteiger partial charge in [0.2, 0.25) is 0 Å². The van der Waals surface area contributed by atoms with Crippen molar-refractivity contribution in [2.45, 2.75) is 6.54 Å². The van der Waals surface area contributed by atoms with E-state index in [4.69, 9.17) is 0 Å². The summed E-state index contributed by atoms with van der Waals surface area (Å²) in [7, 11) is 0. The minimum Gasteiger partial charge on any atom is -0.364 e. The maximum atomic E-state index is 13.2. The van der Waals surface area contributed by atoms with E-state index in [1.165, 1.54) is 12.1 Å². The van der Waals surface area contributed by atoms with Gasteiger partial charge in [-0.3, -0.25) is 4.79 Å². The van der Waals surface area contributed by atoms with Crippen molar-refractivity contribution in [1.29, 1.82) is 0 Å². The Kier molecular flexibility index (Phi) is 3.00. The summed E-state index contributed by atoms with van der Waals surface area (Å²) in [6.07, 6.45) is 1.77. The Morgan fingerprint density at radius 2 is 2.06 bits per heavy atom. The van der Waals surface area contributed by atoms with E-state index >= 15 is 0 Å². The van der Waals surface area contributed by atoms with Crippen LogP contribution in [0.25, 0.3) is 0 Å². The molecule has 2 aromatic rings. The number of carbonyl (C=O) groups excluding carboxylic acids is 1. The van der Waals surface area contributed by atoms with E-state index in [0.717, 1.165) is 5.69 Å². The molecule has 1 heterocycles. The van der Waals surface area contributed by atoms with Gasteiger partial charge in [-0.2, -0.15) is 0 Å². The van der Waals surface area contributed by atoms with Gasteiger partial charge in [-0.05, 0) is 24.3 Å². The van der Waals surface area contributed by atoms with Crippen LogP contribution in [0, 0.1) is 5.82 Å². The minimum absolute atomic E-state index is 0.0639. The number of H-pyrrole nitrogens is 1. The minimum atomic E-state index is -0.508. The molecule has 0 aliphatic carbocycles. The predicted molar refractivity (Wildman–Crippen MR) is 58.4 cm³/mol. The van der Waals surface area contributed by atoms with Gasteiger partial charge >= 0.3 is 0 Å². The van der Waals surface area contributed by atoms with Gasteiger partial charge in [0.25, 0.3) is 5.91 Å². The van der Waals surface area contributed by atoms with Crippen molar-refractivity contribution in [3.05, 3.63) is 59.7 Å². The van der Waals surface area contributed by atoms with E-state index in [9.17, 15) is 9.18 Å². The molecule has 0 unspecified atom stereocenters. The number of nitrogens with one attached hydrogen (secondary N) is 2. The zero-order valence-corrected chi connectivity index (χ0v) is 8.53. The molecule has 82 valence electrons. The topological polar surface area (TPSA) is 44.9 Å². The van der Waals surface area contributed by atoms with Crippen molar-refractivity contribution in [3.63, 3.8) is 0 Å². The molecule has 0 fully saturated rings. The zero-order chi connectivity index (χ0) is 11.4. The van der Waals surface area contributed by atoms with E-state index in [0.29, 0.717) is 6.54 Å². The molecule has 0 saturated heterocycles. The Morgan fingerprint density at radius 3 is 2.75 bits per heavy atom. The predicted octanol–water partition coefficient (Wildman–Crippen LogP) is 2.08. The lowest BCUT2D eigenvalue weighted by Gasteiger charge is -2.04. The van der Waals surface area contributed by atoms with Gasteiger partial charge in [-0.15, -0.1) is 0 Å². The second-order valence-electron chi connectivity index (χ2n) is 3.36. The Bertz CT molecular complexity index is 480. The highest BCUT2D eigenvalue weighted by atomic mass is 19.1. The van der Waals surface area contributed by atoms with Crippen molar-refractivity contribution in [2.24, 2.45) is 0 Å². The number of aromatic nitrogens is 1. The van der Waals surface area contributed by atoms with Crippen LogP contribution in [0.15, 0.2) is 42.6 Å². The van der Waals surface area contributed by atoms with Crippen molar-refractivity contribution < 1.29 is 9.18 Å². The maximum Gasteiger partial charge on any atom is 0.254 e. The van der Waals surface area contributed by atoms with Crippen LogP contribution in [0.1, 0.15) is 16.1 Å². The van der Waals surface area contributed by atoms with Gasteiger partial charge < -0.3 is 10.3 Å². The summed E-state index contributed by atoms with van der Waals surface area (Å²) in [6.45, 7) is 0.361. The van der Waals surface area contributed by atoms with Crippen LogP contribution in [0.2, 0.25) is 0 Å². The lowest BCUT2D eigenvalue weighted by atomic mass is 10.2. The summed E-state index contributed by atoms with van der Waals surface area (Å²) in [6, 6.07) is 9.60. The number of carbonyl (C=O) groups is 1. The van der Waals surface area contributed by atoms with Gasteiger partial charge in [-0.25, -0.2) is 4.39 Å². The number of benzene rings is 1. The number of rotatable bonds is 3. The Hall–Kier alpha value is -2.10. The summed E-state index contributed by atoms with van der Waals surface area (Å²) in [4.78, 5) is 14.5. The molecule has 0 aliphatic heterocycles. The van der Waals surface area contributed by atoms with Crippen LogP contribution >= 0.6 is 0 Å². The largest absolute Gasteiger partial charge is 0.364 e. The van der Waals surface area contributed by atoms with Crippen LogP contribution in [-0.4, -0.2) is 10.9 Å². The van der Waals surface area contributed by atoms with Crippen molar-refractivity contribution in [3.8, 4) is 0 Å². The summed E-state index contributed by atoms with van der Waals surface area (Å²) < 4.78 is 13.2. The van der Waals surface area contributed by atoms with Crippen LogP contribution in [0.4, 0.5) is 4.39 Å². The molecule has 0 bridgehead atoms. The molecule has 2 N–H and O–H groups in total. The molecule has 0 radical (unpaired) electrons. The molecule has 1 aromatic carbocycles. The molecular weight excluding hydrogens is 207 g/mol. The fourth-order valence-corrected chi connectivity index (χ4v) is 1.39. The molecule has 0 atom stereocenters. The maximum absolute atomic E-state index is 13.2. The van der Waals surface area contributed by atoms with Crippen LogP contribution in [0.3, 0.4) is 0 Å². The molecule has 1 aromatic heterocycles. The van der Waals surface area contributed by atoms with E-state index in [-0.39, 0.29) is 5.56 Å². The normalized spacial score (nSPS) is 10.1. The molecule has 0 spiro atoms. The molecule has 2 rings (SSSR count). The van der Waals surface area contributed by atoms with Gasteiger partial charge in [-0.1, -0.05) is 12.1 Å². The quantitative estimate of drug-likeness (QED) is 0.814. The second-order valence-corrected chi connectivity index (χ2v) is 3.36. The van der Waals surface area contributed by atoms with E-state index in [2.05, 4.69) is 10.3 Å². The fourth-order valence-electron chi connectivity index (χ4n) is 1.39. The first-order valence-electron chi connectivity index (χ1n) is 4.92. The third-order valence-electron chi connectivity index (χ3n) is 2.22. The van der Waals surface area contributed by atoms with E-state index in [1.807, 2.05) is 12.1 Å². The van der Waals surface area contributed by atoms with Crippen LogP contribution < -0.4 is 5.32 Å². The molecule has 0 saturated carbocycles. The van der Waals surface area contributed by atoms with Gasteiger partial charge in [0, 0.05) is 11.9 Å². The number of halogens is 1. The third-order valence-corrected chi connectivity index (χ3v) is 2.22. The average Bonchev–Trinajstić information content (AvgIpc) is 2.79. The molecule has 4 heteroatoms. The SMILES string of the molecule is O=C(NCc1ccc[nH]1)c1ccccc1F. The number of aromatic amines is 1. The highest BCUT2D eigenvalue weighted by Crippen LogP contribution is 2.06. The highest BCUT2D eigenvalue weighted by Gasteiger charge is 2.09. The van der Waals surface area contributed by atoms with E-state index in [1.54, 1.807) is 18.3 Å². The van der Waals surface area contributed by atoms with Gasteiger partial charge in [0.15, 0.2) is 0 Å². The smallest absolute Gasteiger partial charge is 0.254 e. The first-order valence-corrected chi connectivity index (χ1v) is 4.92. The van der Waals surface area contributed by atoms with Crippen LogP contribution in [-0.2, 0) is 6.54 Å². The fraction of sp³-hybridized carbons (Fsp3) is 0.0833. The number of hydrogen-bond acceptors (Lipinski definition) is 1. The number of amides is 1. The average molecular weight is 218 g/mol. The summed E-state index contributed by atoms with van der Waals surface area (Å²) >= 11 is 0. The first-order chi connectivity index (χ1) is 7.77. The second kappa shape index (κ2) is 4.61. The molecular formula is C12H11FN2O. The Balaban J connectivity index is 2.01. The molecule has 3 nitrogen and oxygen atoms in total. The summed E-state index contributed by atoms with van der Waals surface area (Å²) in [5, 5.41) is 2.63. The number of hydrogen-bond donors (Lipinski definition) is 2. The monoisotopic (exact) mass is 218 g/mol. The lowest BCUT2D eigenvalue weighted by Crippen LogP contribution is -2.23. The van der Waals surface area contributed by atoms with Gasteiger partial charge in [0.1, 0.15) is 5.82 Å². The third kappa shape index (κ3) is 2.28. The summed E-state index contributed by atoms with van der Waals surface area (Å²) in [5.41, 5.74) is 0.943. The van der Waals surface area contributed by atoms with Crippen molar-refractivity contribution in [2.75, 3.05) is 0 Å². The highest BCUT2D eigenvalue weighted by molar-refractivity contribution is 5.94.